The van der Waals surface area contributed by atoms with Crippen LogP contribution in [0.15, 0.2) is 30.6 Å². The SMILES string of the molecule is COc1cncc(OC2CCCN(C(=O)c3ccc(F)c(F)c3)C2)n1. The largest absolute Gasteiger partial charge is 0.480 e. The van der Waals surface area contributed by atoms with Crippen molar-refractivity contribution in [3.8, 4) is 11.8 Å². The van der Waals surface area contributed by atoms with Crippen LogP contribution in [-0.4, -0.2) is 47.1 Å². The predicted molar refractivity (Wildman–Crippen MR) is 84.5 cm³/mol. The van der Waals surface area contributed by atoms with E-state index in [0.29, 0.717) is 24.8 Å². The van der Waals surface area contributed by atoms with Crippen molar-refractivity contribution < 1.29 is 23.0 Å². The molecule has 25 heavy (non-hydrogen) atoms. The van der Waals surface area contributed by atoms with E-state index in [1.54, 1.807) is 4.90 Å². The lowest BCUT2D eigenvalue weighted by molar-refractivity contribution is 0.0525. The van der Waals surface area contributed by atoms with Gasteiger partial charge in [-0.05, 0) is 31.0 Å². The number of rotatable bonds is 4. The lowest BCUT2D eigenvalue weighted by Crippen LogP contribution is -2.44. The summed E-state index contributed by atoms with van der Waals surface area (Å²) in [6.45, 7) is 0.859. The van der Waals surface area contributed by atoms with Gasteiger partial charge in [0.25, 0.3) is 5.91 Å². The molecular formula is C17H17F2N3O3. The minimum atomic E-state index is -1.04. The molecule has 1 unspecified atom stereocenters. The highest BCUT2D eigenvalue weighted by Gasteiger charge is 2.26. The number of halogens is 2. The Morgan fingerprint density at radius 2 is 2.04 bits per heavy atom. The number of aromatic nitrogens is 2. The molecule has 8 heteroatoms. The van der Waals surface area contributed by atoms with Crippen LogP contribution in [0.5, 0.6) is 11.8 Å². The van der Waals surface area contributed by atoms with Crippen LogP contribution in [0, 0.1) is 11.6 Å². The highest BCUT2D eigenvalue weighted by Crippen LogP contribution is 2.20. The Morgan fingerprint density at radius 3 is 2.80 bits per heavy atom. The Hall–Kier alpha value is -2.77. The van der Waals surface area contributed by atoms with Crippen LogP contribution in [0.4, 0.5) is 8.78 Å². The first-order valence-corrected chi connectivity index (χ1v) is 7.84. The van der Waals surface area contributed by atoms with Crippen LogP contribution in [-0.2, 0) is 0 Å². The van der Waals surface area contributed by atoms with Gasteiger partial charge in [0.05, 0.1) is 26.0 Å². The van der Waals surface area contributed by atoms with Crippen molar-refractivity contribution in [3.63, 3.8) is 0 Å². The van der Waals surface area contributed by atoms with Gasteiger partial charge in [-0.2, -0.15) is 4.98 Å². The fraction of sp³-hybridized carbons (Fsp3) is 0.353. The van der Waals surface area contributed by atoms with Crippen LogP contribution in [0.2, 0.25) is 0 Å². The number of carbonyl (C=O) groups excluding carboxylic acids is 1. The third-order valence-electron chi connectivity index (χ3n) is 3.92. The fourth-order valence-corrected chi connectivity index (χ4v) is 2.69. The zero-order valence-corrected chi connectivity index (χ0v) is 13.6. The van der Waals surface area contributed by atoms with Gasteiger partial charge in [0.2, 0.25) is 11.8 Å². The molecular weight excluding hydrogens is 332 g/mol. The zero-order chi connectivity index (χ0) is 17.8. The molecule has 0 bridgehead atoms. The molecule has 0 aliphatic carbocycles. The summed E-state index contributed by atoms with van der Waals surface area (Å²) in [7, 11) is 1.48. The summed E-state index contributed by atoms with van der Waals surface area (Å²) in [5.74, 6) is -1.73. The molecule has 0 spiro atoms. The van der Waals surface area contributed by atoms with E-state index in [1.807, 2.05) is 0 Å². The average Bonchev–Trinajstić information content (AvgIpc) is 2.64. The number of likely N-dealkylation sites (tertiary alicyclic amines) is 1. The number of benzene rings is 1. The molecule has 1 saturated heterocycles. The van der Waals surface area contributed by atoms with Crippen molar-refractivity contribution in [2.75, 3.05) is 20.2 Å². The third kappa shape index (κ3) is 4.01. The monoisotopic (exact) mass is 349 g/mol. The van der Waals surface area contributed by atoms with Gasteiger partial charge in [0, 0.05) is 12.1 Å². The van der Waals surface area contributed by atoms with E-state index in [1.165, 1.54) is 25.6 Å². The summed E-state index contributed by atoms with van der Waals surface area (Å²) in [4.78, 5) is 22.2. The quantitative estimate of drug-likeness (QED) is 0.848. The van der Waals surface area contributed by atoms with Gasteiger partial charge in [-0.1, -0.05) is 0 Å². The lowest BCUT2D eigenvalue weighted by Gasteiger charge is -2.32. The van der Waals surface area contributed by atoms with Gasteiger partial charge in [0.1, 0.15) is 6.10 Å². The molecule has 0 saturated carbocycles. The molecule has 1 aromatic heterocycles. The van der Waals surface area contributed by atoms with Crippen LogP contribution < -0.4 is 9.47 Å². The van der Waals surface area contributed by atoms with E-state index in [0.717, 1.165) is 25.0 Å². The van der Waals surface area contributed by atoms with Gasteiger partial charge < -0.3 is 14.4 Å². The molecule has 1 atom stereocenters. The van der Waals surface area contributed by atoms with E-state index in [4.69, 9.17) is 9.47 Å². The van der Waals surface area contributed by atoms with Gasteiger partial charge in [-0.25, -0.2) is 8.78 Å². The van der Waals surface area contributed by atoms with Gasteiger partial charge in [0.15, 0.2) is 11.6 Å². The predicted octanol–water partition coefficient (Wildman–Crippen LogP) is 2.45. The second-order valence-electron chi connectivity index (χ2n) is 5.66. The number of piperidine rings is 1. The van der Waals surface area contributed by atoms with Crippen molar-refractivity contribution in [1.82, 2.24) is 14.9 Å². The van der Waals surface area contributed by atoms with Crippen LogP contribution >= 0.6 is 0 Å². The molecule has 1 aliphatic rings. The molecule has 0 radical (unpaired) electrons. The molecule has 1 amide bonds. The number of amides is 1. The standard InChI is InChI=1S/C17H17F2N3O3/c1-24-15-8-20-9-16(21-15)25-12-3-2-6-22(10-12)17(23)11-4-5-13(18)14(19)7-11/h4-5,7-9,12H,2-3,6,10H2,1H3. The maximum absolute atomic E-state index is 13.3. The molecule has 1 aromatic carbocycles. The first-order valence-electron chi connectivity index (χ1n) is 7.84. The zero-order valence-electron chi connectivity index (χ0n) is 13.6. The average molecular weight is 349 g/mol. The maximum atomic E-state index is 13.3. The lowest BCUT2D eigenvalue weighted by atomic mass is 10.1. The fourth-order valence-electron chi connectivity index (χ4n) is 2.69. The second kappa shape index (κ2) is 7.42. The summed E-state index contributed by atoms with van der Waals surface area (Å²) in [5.41, 5.74) is 0.112. The maximum Gasteiger partial charge on any atom is 0.254 e. The summed E-state index contributed by atoms with van der Waals surface area (Å²) < 4.78 is 37.1. The molecule has 1 aliphatic heterocycles. The first kappa shape index (κ1) is 17.1. The van der Waals surface area contributed by atoms with Gasteiger partial charge >= 0.3 is 0 Å². The molecule has 1 fully saturated rings. The van der Waals surface area contributed by atoms with Crippen LogP contribution in [0.3, 0.4) is 0 Å². The van der Waals surface area contributed by atoms with E-state index >= 15 is 0 Å². The van der Waals surface area contributed by atoms with E-state index in [9.17, 15) is 13.6 Å². The summed E-state index contributed by atoms with van der Waals surface area (Å²) in [5, 5.41) is 0. The van der Waals surface area contributed by atoms with Crippen LogP contribution in [0.1, 0.15) is 23.2 Å². The molecule has 0 N–H and O–H groups in total. The Kier molecular flexibility index (Phi) is 5.06. The number of nitrogens with zero attached hydrogens (tertiary/aromatic N) is 3. The Balaban J connectivity index is 1.67. The van der Waals surface area contributed by atoms with Crippen molar-refractivity contribution in [2.45, 2.75) is 18.9 Å². The van der Waals surface area contributed by atoms with Crippen molar-refractivity contribution in [1.29, 1.82) is 0 Å². The van der Waals surface area contributed by atoms with E-state index in [2.05, 4.69) is 9.97 Å². The Morgan fingerprint density at radius 1 is 1.24 bits per heavy atom. The number of carbonyl (C=O) groups is 1. The summed E-state index contributed by atoms with van der Waals surface area (Å²) in [6.07, 6.45) is 4.16. The topological polar surface area (TPSA) is 64.6 Å². The molecule has 132 valence electrons. The van der Waals surface area contributed by atoms with Gasteiger partial charge in [-0.15, -0.1) is 0 Å². The summed E-state index contributed by atoms with van der Waals surface area (Å²) in [6, 6.07) is 3.14. The van der Waals surface area contributed by atoms with E-state index in [-0.39, 0.29) is 17.6 Å². The number of methoxy groups -OCH3 is 1. The normalized spacial score (nSPS) is 17.2. The summed E-state index contributed by atoms with van der Waals surface area (Å²) >= 11 is 0. The number of ether oxygens (including phenoxy) is 2. The smallest absolute Gasteiger partial charge is 0.254 e. The second-order valence-corrected chi connectivity index (χ2v) is 5.66. The van der Waals surface area contributed by atoms with Gasteiger partial charge in [-0.3, -0.25) is 9.78 Å². The highest BCUT2D eigenvalue weighted by atomic mass is 19.2. The highest BCUT2D eigenvalue weighted by molar-refractivity contribution is 5.94. The molecule has 2 aromatic rings. The van der Waals surface area contributed by atoms with Crippen molar-refractivity contribution in [2.24, 2.45) is 0 Å². The Bertz CT molecular complexity index is 773. The minimum Gasteiger partial charge on any atom is -0.480 e. The molecule has 6 nitrogen and oxygen atoms in total. The molecule has 3 rings (SSSR count). The third-order valence-corrected chi connectivity index (χ3v) is 3.92. The number of hydrogen-bond acceptors (Lipinski definition) is 5. The molecule has 2 heterocycles. The number of hydrogen-bond donors (Lipinski definition) is 0. The van der Waals surface area contributed by atoms with Crippen molar-refractivity contribution >= 4 is 5.91 Å². The van der Waals surface area contributed by atoms with Crippen LogP contribution in [0.25, 0.3) is 0 Å². The minimum absolute atomic E-state index is 0.112. The van der Waals surface area contributed by atoms with E-state index < -0.39 is 11.6 Å². The first-order chi connectivity index (χ1) is 12.1. The Labute approximate surface area is 143 Å². The van der Waals surface area contributed by atoms with Crippen molar-refractivity contribution in [3.05, 3.63) is 47.8 Å².